The largest absolute Gasteiger partial charge is 0.363 e. The summed E-state index contributed by atoms with van der Waals surface area (Å²) in [6.07, 6.45) is 5.79. The van der Waals surface area contributed by atoms with Crippen molar-refractivity contribution in [2.75, 3.05) is 0 Å². The van der Waals surface area contributed by atoms with Gasteiger partial charge < -0.3 is 4.84 Å². The number of aryl methyl sites for hydroxylation is 1. The van der Waals surface area contributed by atoms with Crippen LogP contribution in [0.1, 0.15) is 5.56 Å². The van der Waals surface area contributed by atoms with Gasteiger partial charge in [0.15, 0.2) is 0 Å². The van der Waals surface area contributed by atoms with E-state index >= 15 is 0 Å². The van der Waals surface area contributed by atoms with Crippen molar-refractivity contribution in [3.63, 3.8) is 0 Å². The fourth-order valence-corrected chi connectivity index (χ4v) is 2.37. The minimum atomic E-state index is -3.60. The van der Waals surface area contributed by atoms with Gasteiger partial charge in [0.25, 0.3) is 10.0 Å². The molecular formula is C12H12N2O3S. The molecule has 0 fully saturated rings. The third-order valence-corrected chi connectivity index (χ3v) is 3.64. The van der Waals surface area contributed by atoms with E-state index in [-0.39, 0.29) is 4.90 Å². The first kappa shape index (κ1) is 12.4. The Morgan fingerprint density at radius 2 is 1.94 bits per heavy atom. The van der Waals surface area contributed by atoms with Crippen LogP contribution in [0, 0.1) is 6.92 Å². The number of benzene rings is 1. The molecule has 0 saturated heterocycles. The van der Waals surface area contributed by atoms with Gasteiger partial charge in [-0.2, -0.15) is 0 Å². The van der Waals surface area contributed by atoms with E-state index in [9.17, 15) is 8.42 Å². The molecule has 0 bridgehead atoms. The van der Waals surface area contributed by atoms with Gasteiger partial charge >= 0.3 is 0 Å². The summed E-state index contributed by atoms with van der Waals surface area (Å²) >= 11 is 0. The van der Waals surface area contributed by atoms with Crippen LogP contribution in [-0.4, -0.2) is 14.6 Å². The van der Waals surface area contributed by atoms with E-state index < -0.39 is 10.0 Å². The van der Waals surface area contributed by atoms with Crippen LogP contribution in [0.25, 0.3) is 0 Å². The minimum Gasteiger partial charge on any atom is -0.363 e. The van der Waals surface area contributed by atoms with E-state index in [0.29, 0.717) is 5.70 Å². The topological polar surface area (TPSA) is 67.8 Å². The summed E-state index contributed by atoms with van der Waals surface area (Å²) in [6.45, 7) is 1.89. The molecule has 0 aliphatic carbocycles. The standard InChI is InChI=1S/C12H12N2O3S/c1-10-4-6-12(7-5-10)18(15,16)14-11-3-2-8-13-17-9-11/h2-9,14H,1H3. The maximum atomic E-state index is 12.0. The molecular weight excluding hydrogens is 252 g/mol. The number of oxime groups is 1. The van der Waals surface area contributed by atoms with Gasteiger partial charge in [-0.15, -0.1) is 0 Å². The van der Waals surface area contributed by atoms with Crippen LogP contribution < -0.4 is 4.72 Å². The Hall–Kier alpha value is -2.08. The first-order chi connectivity index (χ1) is 8.58. The molecule has 1 heterocycles. The Bertz CT molecular complexity index is 613. The number of nitrogens with zero attached hydrogens (tertiary/aromatic N) is 1. The predicted octanol–water partition coefficient (Wildman–Crippen LogP) is 1.69. The molecule has 6 heteroatoms. The van der Waals surface area contributed by atoms with E-state index in [0.717, 1.165) is 5.56 Å². The first-order valence-electron chi connectivity index (χ1n) is 5.23. The summed E-state index contributed by atoms with van der Waals surface area (Å²) in [5.41, 5.74) is 1.31. The van der Waals surface area contributed by atoms with Gasteiger partial charge in [0, 0.05) is 0 Å². The highest BCUT2D eigenvalue weighted by atomic mass is 32.2. The Kier molecular flexibility index (Phi) is 3.47. The highest BCUT2D eigenvalue weighted by Crippen LogP contribution is 2.12. The minimum absolute atomic E-state index is 0.201. The SMILES string of the molecule is Cc1ccc(S(=O)(=O)NC2=CON=CC=C2)cc1. The Labute approximate surface area is 106 Å². The molecule has 1 N–H and O–H groups in total. The Balaban J connectivity index is 2.22. The molecule has 1 aromatic carbocycles. The predicted molar refractivity (Wildman–Crippen MR) is 68.3 cm³/mol. The zero-order chi connectivity index (χ0) is 13.0. The van der Waals surface area contributed by atoms with Crippen molar-refractivity contribution in [3.8, 4) is 0 Å². The molecule has 1 aliphatic rings. The summed E-state index contributed by atoms with van der Waals surface area (Å²) in [5.74, 6) is 0. The van der Waals surface area contributed by atoms with Crippen molar-refractivity contribution in [2.24, 2.45) is 5.16 Å². The molecule has 0 atom stereocenters. The third-order valence-electron chi connectivity index (χ3n) is 2.25. The molecule has 18 heavy (non-hydrogen) atoms. The van der Waals surface area contributed by atoms with Crippen LogP contribution in [-0.2, 0) is 14.9 Å². The normalized spacial score (nSPS) is 14.6. The van der Waals surface area contributed by atoms with Crippen molar-refractivity contribution in [3.05, 3.63) is 53.9 Å². The number of nitrogens with one attached hydrogen (secondary N) is 1. The van der Waals surface area contributed by atoms with Crippen molar-refractivity contribution < 1.29 is 13.3 Å². The first-order valence-corrected chi connectivity index (χ1v) is 6.72. The summed E-state index contributed by atoms with van der Waals surface area (Å²) in [6, 6.07) is 6.59. The van der Waals surface area contributed by atoms with Gasteiger partial charge in [-0.05, 0) is 31.2 Å². The maximum Gasteiger partial charge on any atom is 0.261 e. The number of sulfonamides is 1. The van der Waals surface area contributed by atoms with Crippen molar-refractivity contribution in [1.29, 1.82) is 0 Å². The van der Waals surface area contributed by atoms with Gasteiger partial charge in [-0.1, -0.05) is 22.9 Å². The van der Waals surface area contributed by atoms with Crippen LogP contribution in [0.5, 0.6) is 0 Å². The molecule has 0 unspecified atom stereocenters. The van der Waals surface area contributed by atoms with Crippen LogP contribution >= 0.6 is 0 Å². The van der Waals surface area contributed by atoms with Crippen LogP contribution in [0.15, 0.2) is 58.4 Å². The van der Waals surface area contributed by atoms with Crippen molar-refractivity contribution in [2.45, 2.75) is 11.8 Å². The van der Waals surface area contributed by atoms with Gasteiger partial charge in [0.1, 0.15) is 6.26 Å². The van der Waals surface area contributed by atoms with E-state index in [1.807, 2.05) is 6.92 Å². The lowest BCUT2D eigenvalue weighted by Gasteiger charge is -2.07. The molecule has 0 spiro atoms. The monoisotopic (exact) mass is 264 g/mol. The second-order valence-electron chi connectivity index (χ2n) is 3.71. The number of hydrogen-bond acceptors (Lipinski definition) is 4. The molecule has 94 valence electrons. The number of hydrogen-bond donors (Lipinski definition) is 1. The van der Waals surface area contributed by atoms with Crippen LogP contribution in [0.4, 0.5) is 0 Å². The number of allylic oxidation sites excluding steroid dienone is 2. The lowest BCUT2D eigenvalue weighted by molar-refractivity contribution is 0.268. The molecule has 1 aliphatic heterocycles. The quantitative estimate of drug-likeness (QED) is 0.903. The fraction of sp³-hybridized carbons (Fsp3) is 0.0833. The third kappa shape index (κ3) is 2.98. The Morgan fingerprint density at radius 1 is 1.22 bits per heavy atom. The highest BCUT2D eigenvalue weighted by Gasteiger charge is 2.14. The average molecular weight is 264 g/mol. The van der Waals surface area contributed by atoms with Gasteiger partial charge in [0.05, 0.1) is 16.8 Å². The second-order valence-corrected chi connectivity index (χ2v) is 5.39. The zero-order valence-corrected chi connectivity index (χ0v) is 10.5. The highest BCUT2D eigenvalue weighted by molar-refractivity contribution is 7.89. The summed E-state index contributed by atoms with van der Waals surface area (Å²) in [5, 5.41) is 3.51. The zero-order valence-electron chi connectivity index (χ0n) is 9.70. The lowest BCUT2D eigenvalue weighted by atomic mass is 10.2. The van der Waals surface area contributed by atoms with E-state index in [1.165, 1.54) is 12.5 Å². The summed E-state index contributed by atoms with van der Waals surface area (Å²) in [7, 11) is -3.60. The van der Waals surface area contributed by atoms with Gasteiger partial charge in [-0.3, -0.25) is 4.72 Å². The maximum absolute atomic E-state index is 12.0. The fourth-order valence-electron chi connectivity index (χ4n) is 1.33. The van der Waals surface area contributed by atoms with Crippen LogP contribution in [0.2, 0.25) is 0 Å². The lowest BCUT2D eigenvalue weighted by Crippen LogP contribution is -2.22. The van der Waals surface area contributed by atoms with Crippen molar-refractivity contribution in [1.82, 2.24) is 4.72 Å². The van der Waals surface area contributed by atoms with Gasteiger partial charge in [-0.25, -0.2) is 8.42 Å². The van der Waals surface area contributed by atoms with E-state index in [1.54, 1.807) is 36.4 Å². The van der Waals surface area contributed by atoms with Gasteiger partial charge in [0.2, 0.25) is 0 Å². The Morgan fingerprint density at radius 3 is 2.67 bits per heavy atom. The molecule has 0 aromatic heterocycles. The van der Waals surface area contributed by atoms with Crippen molar-refractivity contribution >= 4 is 16.2 Å². The molecule has 0 saturated carbocycles. The molecule has 1 aromatic rings. The smallest absolute Gasteiger partial charge is 0.261 e. The second kappa shape index (κ2) is 5.05. The average Bonchev–Trinajstić information content (AvgIpc) is 2.57. The summed E-state index contributed by atoms with van der Waals surface area (Å²) in [4.78, 5) is 4.93. The molecule has 2 rings (SSSR count). The molecule has 0 amide bonds. The molecule has 0 radical (unpaired) electrons. The van der Waals surface area contributed by atoms with Crippen LogP contribution in [0.3, 0.4) is 0 Å². The van der Waals surface area contributed by atoms with E-state index in [4.69, 9.17) is 4.84 Å². The van der Waals surface area contributed by atoms with E-state index in [2.05, 4.69) is 9.88 Å². The summed E-state index contributed by atoms with van der Waals surface area (Å²) < 4.78 is 26.5. The number of rotatable bonds is 3. The molecule has 5 nitrogen and oxygen atoms in total.